The molecular formula is C45H56N4O5. The number of rotatable bonds is 6. The molecule has 2 aliphatic carbocycles. The molecule has 4 unspecified atom stereocenters. The number of carbonyl (C=O) groups excluding carboxylic acids is 1. The summed E-state index contributed by atoms with van der Waals surface area (Å²) in [7, 11) is 1.80. The predicted molar refractivity (Wildman–Crippen MR) is 208 cm³/mol. The Balaban J connectivity index is 0.774. The van der Waals surface area contributed by atoms with Crippen molar-refractivity contribution in [3.05, 3.63) is 89.0 Å². The SMILES string of the molecule is COc1cc(N2CCC3(CC2)C[C@H](CN2CCN4C5CCC6C(=O)NCC6C5OC[C@H]4C2)CO3)ccc1[C@@H]1c2ccc(O)cc2CC[C@@H]1c1ccccc1. The zero-order chi connectivity index (χ0) is 36.4. The highest BCUT2D eigenvalue weighted by Crippen LogP contribution is 2.50. The van der Waals surface area contributed by atoms with Crippen LogP contribution in [0.15, 0.2) is 66.7 Å². The van der Waals surface area contributed by atoms with Gasteiger partial charge in [-0.1, -0.05) is 42.5 Å². The lowest BCUT2D eigenvalue weighted by molar-refractivity contribution is -0.164. The Morgan fingerprint density at radius 3 is 2.63 bits per heavy atom. The number of morpholine rings is 1. The molecule has 5 saturated heterocycles. The number of phenolic OH excluding ortho intramolecular Hbond substituents is 1. The van der Waals surface area contributed by atoms with Crippen molar-refractivity contribution in [3.8, 4) is 11.5 Å². The molecule has 6 fully saturated rings. The monoisotopic (exact) mass is 732 g/mol. The molecule has 286 valence electrons. The lowest BCUT2D eigenvalue weighted by Crippen LogP contribution is -2.67. The molecule has 10 rings (SSSR count). The third kappa shape index (κ3) is 6.19. The van der Waals surface area contributed by atoms with Crippen molar-refractivity contribution in [2.75, 3.05) is 71.0 Å². The Morgan fingerprint density at radius 1 is 0.926 bits per heavy atom. The van der Waals surface area contributed by atoms with Crippen molar-refractivity contribution in [2.24, 2.45) is 17.8 Å². The Bertz CT molecular complexity index is 1850. The zero-order valence-corrected chi connectivity index (χ0v) is 31.7. The maximum absolute atomic E-state index is 12.3. The fraction of sp³-hybridized carbons (Fsp3) is 0.578. The number of fused-ring (bicyclic) bond motifs is 6. The van der Waals surface area contributed by atoms with Gasteiger partial charge in [0.15, 0.2) is 0 Å². The van der Waals surface area contributed by atoms with E-state index in [-0.39, 0.29) is 29.4 Å². The van der Waals surface area contributed by atoms with Crippen LogP contribution in [0.4, 0.5) is 5.69 Å². The number of hydrogen-bond acceptors (Lipinski definition) is 8. The van der Waals surface area contributed by atoms with E-state index in [1.165, 1.54) is 27.9 Å². The van der Waals surface area contributed by atoms with Crippen molar-refractivity contribution < 1.29 is 24.1 Å². The molecule has 0 bridgehead atoms. The van der Waals surface area contributed by atoms with Gasteiger partial charge in [0, 0.05) is 93.0 Å². The minimum Gasteiger partial charge on any atom is -0.508 e. The number of piperidine rings is 1. The van der Waals surface area contributed by atoms with Gasteiger partial charge in [-0.2, -0.15) is 0 Å². The van der Waals surface area contributed by atoms with Crippen LogP contribution in [0.5, 0.6) is 11.5 Å². The largest absolute Gasteiger partial charge is 0.508 e. The average Bonchev–Trinajstić information content (AvgIpc) is 3.79. The first-order valence-corrected chi connectivity index (χ1v) is 20.8. The summed E-state index contributed by atoms with van der Waals surface area (Å²) >= 11 is 0. The quantitative estimate of drug-likeness (QED) is 0.342. The van der Waals surface area contributed by atoms with Gasteiger partial charge in [-0.25, -0.2) is 0 Å². The number of benzene rings is 3. The Labute approximate surface area is 319 Å². The Hall–Kier alpha value is -3.63. The van der Waals surface area contributed by atoms with Gasteiger partial charge >= 0.3 is 0 Å². The summed E-state index contributed by atoms with van der Waals surface area (Å²) in [5.41, 5.74) is 6.30. The molecule has 1 saturated carbocycles. The second-order valence-electron chi connectivity index (χ2n) is 17.5. The maximum Gasteiger partial charge on any atom is 0.223 e. The highest BCUT2D eigenvalue weighted by molar-refractivity contribution is 5.81. The number of nitrogens with zero attached hydrogens (tertiary/aromatic N) is 3. The molecular weight excluding hydrogens is 677 g/mol. The summed E-state index contributed by atoms with van der Waals surface area (Å²) in [5, 5.41) is 13.4. The van der Waals surface area contributed by atoms with E-state index in [1.54, 1.807) is 7.11 Å². The number of aromatic hydroxyl groups is 1. The van der Waals surface area contributed by atoms with Gasteiger partial charge in [0.1, 0.15) is 11.5 Å². The van der Waals surface area contributed by atoms with Gasteiger partial charge in [-0.05, 0) is 91.7 Å². The summed E-state index contributed by atoms with van der Waals surface area (Å²) in [4.78, 5) is 20.3. The molecule has 5 heterocycles. The van der Waals surface area contributed by atoms with Crippen molar-refractivity contribution in [2.45, 2.75) is 80.6 Å². The average molecular weight is 733 g/mol. The smallest absolute Gasteiger partial charge is 0.223 e. The first-order chi connectivity index (χ1) is 26.4. The molecule has 9 nitrogen and oxygen atoms in total. The van der Waals surface area contributed by atoms with Crippen molar-refractivity contribution in [3.63, 3.8) is 0 Å². The fourth-order valence-corrected chi connectivity index (χ4v) is 12.0. The number of methoxy groups -OCH3 is 1. The normalized spacial score (nSPS) is 33.4. The van der Waals surface area contributed by atoms with Gasteiger partial charge < -0.3 is 34.4 Å². The van der Waals surface area contributed by atoms with Crippen molar-refractivity contribution in [1.29, 1.82) is 0 Å². The number of ether oxygens (including phenoxy) is 3. The summed E-state index contributed by atoms with van der Waals surface area (Å²) in [6, 6.07) is 24.6. The van der Waals surface area contributed by atoms with E-state index in [0.29, 0.717) is 35.6 Å². The van der Waals surface area contributed by atoms with E-state index in [0.717, 1.165) is 110 Å². The predicted octanol–water partition coefficient (Wildman–Crippen LogP) is 5.55. The third-order valence-corrected chi connectivity index (χ3v) is 14.7. The highest BCUT2D eigenvalue weighted by Gasteiger charge is 2.52. The van der Waals surface area contributed by atoms with E-state index in [9.17, 15) is 9.90 Å². The molecule has 54 heavy (non-hydrogen) atoms. The van der Waals surface area contributed by atoms with Crippen LogP contribution in [0.2, 0.25) is 0 Å². The van der Waals surface area contributed by atoms with Crippen LogP contribution in [0.3, 0.4) is 0 Å². The first-order valence-electron chi connectivity index (χ1n) is 20.8. The van der Waals surface area contributed by atoms with Crippen LogP contribution in [0, 0.1) is 17.8 Å². The maximum atomic E-state index is 12.3. The first kappa shape index (κ1) is 34.8. The lowest BCUT2D eigenvalue weighted by Gasteiger charge is -2.54. The molecule has 1 spiro atoms. The highest BCUT2D eigenvalue weighted by atomic mass is 16.5. The topological polar surface area (TPSA) is 86.7 Å². The van der Waals surface area contributed by atoms with E-state index < -0.39 is 0 Å². The van der Waals surface area contributed by atoms with E-state index in [4.69, 9.17) is 14.2 Å². The van der Waals surface area contributed by atoms with Crippen molar-refractivity contribution >= 4 is 11.6 Å². The molecule has 8 atom stereocenters. The van der Waals surface area contributed by atoms with Gasteiger partial charge in [0.05, 0.1) is 32.0 Å². The van der Waals surface area contributed by atoms with Crippen LogP contribution in [-0.2, 0) is 20.7 Å². The summed E-state index contributed by atoms with van der Waals surface area (Å²) in [6.45, 7) is 8.80. The Morgan fingerprint density at radius 2 is 1.78 bits per heavy atom. The van der Waals surface area contributed by atoms with Gasteiger partial charge in [-0.15, -0.1) is 0 Å². The minimum atomic E-state index is -0.0140. The number of anilines is 1. The van der Waals surface area contributed by atoms with Gasteiger partial charge in [0.25, 0.3) is 0 Å². The van der Waals surface area contributed by atoms with Crippen LogP contribution in [0.1, 0.15) is 72.6 Å². The van der Waals surface area contributed by atoms with Crippen molar-refractivity contribution in [1.82, 2.24) is 15.1 Å². The number of amides is 1. The molecule has 3 aromatic carbocycles. The fourth-order valence-electron chi connectivity index (χ4n) is 12.0. The van der Waals surface area contributed by atoms with Gasteiger partial charge in [0.2, 0.25) is 5.91 Å². The van der Waals surface area contributed by atoms with Crippen LogP contribution in [0.25, 0.3) is 0 Å². The summed E-state index contributed by atoms with van der Waals surface area (Å²) in [5.74, 6) is 3.08. The van der Waals surface area contributed by atoms with Crippen LogP contribution < -0.4 is 15.0 Å². The molecule has 7 aliphatic rings. The molecule has 9 heteroatoms. The minimum absolute atomic E-state index is 0.0140. The molecule has 5 aliphatic heterocycles. The number of phenols is 1. The van der Waals surface area contributed by atoms with E-state index in [2.05, 4.69) is 74.6 Å². The van der Waals surface area contributed by atoms with E-state index >= 15 is 0 Å². The standard InChI is InChI=1S/C45H56N4O5/c1-52-41-22-32(8-11-38(41)42-35(30-5-3-2-4-6-30)10-7-31-21-34(50)9-12-36(31)42)48-17-15-45(16-18-48)23-29(27-54-45)25-47-19-20-49-33(26-47)28-53-43-39-24-46-44(51)37(39)13-14-40(43)49/h2-6,8-9,11-12,21-22,29,33,35,37,39-40,42-43,50H,7,10,13-20,23-28H2,1H3,(H,46,51)/t29-,33-,35-,37?,39?,40?,42+,43?/m1/s1. The zero-order valence-electron chi connectivity index (χ0n) is 31.7. The third-order valence-electron chi connectivity index (χ3n) is 14.7. The number of piperazine rings is 1. The van der Waals surface area contributed by atoms with Crippen LogP contribution >= 0.6 is 0 Å². The summed E-state index contributed by atoms with van der Waals surface area (Å²) in [6.07, 6.45) is 7.52. The number of nitrogens with one attached hydrogen (secondary N) is 1. The molecule has 0 radical (unpaired) electrons. The number of carbonyl (C=O) groups is 1. The molecule has 2 N–H and O–H groups in total. The number of aryl methyl sites for hydroxylation is 1. The van der Waals surface area contributed by atoms with E-state index in [1.807, 2.05) is 12.1 Å². The second-order valence-corrected chi connectivity index (χ2v) is 17.5. The molecule has 1 amide bonds. The summed E-state index contributed by atoms with van der Waals surface area (Å²) < 4.78 is 19.5. The molecule has 3 aromatic rings. The lowest BCUT2D eigenvalue weighted by atomic mass is 9.69. The Kier molecular flexibility index (Phi) is 9.12. The van der Waals surface area contributed by atoms with Crippen LogP contribution in [-0.4, -0.2) is 111 Å². The second kappa shape index (κ2) is 14.1. The van der Waals surface area contributed by atoms with Gasteiger partial charge in [-0.3, -0.25) is 9.69 Å². The number of hydrogen-bond donors (Lipinski definition) is 2. The molecule has 0 aromatic heterocycles.